The largest absolute Gasteiger partial charge is 0.493 e. The van der Waals surface area contributed by atoms with Crippen LogP contribution in [0.2, 0.25) is 10.0 Å². The highest BCUT2D eigenvalue weighted by molar-refractivity contribution is 6.35. The molecule has 1 saturated heterocycles. The molecule has 0 saturated carbocycles. The van der Waals surface area contributed by atoms with Crippen molar-refractivity contribution < 1.29 is 19.0 Å². The Hall–Kier alpha value is -3.18. The van der Waals surface area contributed by atoms with E-state index in [1.54, 1.807) is 25.4 Å². The number of pyridine rings is 2. The first-order valence-electron chi connectivity index (χ1n) is 12.0. The van der Waals surface area contributed by atoms with E-state index < -0.39 is 11.9 Å². The molecule has 3 N–H and O–H groups in total. The molecule has 0 amide bonds. The highest BCUT2D eigenvalue weighted by Gasteiger charge is 2.39. The van der Waals surface area contributed by atoms with Gasteiger partial charge in [0, 0.05) is 60.8 Å². The maximum absolute atomic E-state index is 15.2. The van der Waals surface area contributed by atoms with Crippen molar-refractivity contribution in [1.82, 2.24) is 25.5 Å². The minimum Gasteiger partial charge on any atom is -0.493 e. The molecular weight excluding hydrogens is 534 g/mol. The van der Waals surface area contributed by atoms with Crippen molar-refractivity contribution in [3.8, 4) is 22.8 Å². The topological polar surface area (TPSA) is 108 Å². The van der Waals surface area contributed by atoms with Gasteiger partial charge in [0.05, 0.1) is 34.8 Å². The molecule has 4 aromatic rings. The third-order valence-electron chi connectivity index (χ3n) is 6.59. The Balaban J connectivity index is 1.43. The molecule has 1 fully saturated rings. The van der Waals surface area contributed by atoms with E-state index in [9.17, 15) is 0 Å². The summed E-state index contributed by atoms with van der Waals surface area (Å²) in [6.07, 6.45) is 4.12. The molecule has 0 unspecified atom stereocenters. The lowest BCUT2D eigenvalue weighted by atomic mass is 9.92. The van der Waals surface area contributed by atoms with Gasteiger partial charge in [-0.15, -0.1) is 0 Å². The zero-order valence-electron chi connectivity index (χ0n) is 21.1. The molecule has 1 aromatic carbocycles. The van der Waals surface area contributed by atoms with Gasteiger partial charge in [-0.2, -0.15) is 5.10 Å². The SMILES string of the molecule is COc1cc2[nH]nc(-c3cnc(N4CC(C)(NCCO)C4)c(F)c3)c2cc1O[C@H](C)c1c(Cl)cncc1Cl. The highest BCUT2D eigenvalue weighted by atomic mass is 35.5. The second-order valence-corrected chi connectivity index (χ2v) is 10.3. The van der Waals surface area contributed by atoms with Crippen LogP contribution in [0.15, 0.2) is 36.8 Å². The Morgan fingerprint density at radius 1 is 1.18 bits per heavy atom. The molecule has 12 heteroatoms. The number of nitrogens with zero attached hydrogens (tertiary/aromatic N) is 4. The highest BCUT2D eigenvalue weighted by Crippen LogP contribution is 2.40. The average Bonchev–Trinajstić information content (AvgIpc) is 3.28. The number of aliphatic hydroxyl groups is 1. The maximum Gasteiger partial charge on any atom is 0.166 e. The van der Waals surface area contributed by atoms with Crippen LogP contribution in [0, 0.1) is 5.82 Å². The molecule has 4 heterocycles. The smallest absolute Gasteiger partial charge is 0.166 e. The van der Waals surface area contributed by atoms with Gasteiger partial charge >= 0.3 is 0 Å². The van der Waals surface area contributed by atoms with Gasteiger partial charge in [0.15, 0.2) is 23.1 Å². The number of nitrogens with one attached hydrogen (secondary N) is 2. The van der Waals surface area contributed by atoms with E-state index in [0.717, 1.165) is 0 Å². The lowest BCUT2D eigenvalue weighted by Gasteiger charge is -2.49. The summed E-state index contributed by atoms with van der Waals surface area (Å²) >= 11 is 12.6. The number of benzene rings is 1. The third-order valence-corrected chi connectivity index (χ3v) is 7.19. The van der Waals surface area contributed by atoms with Crippen molar-refractivity contribution in [3.05, 3.63) is 58.2 Å². The molecule has 9 nitrogen and oxygen atoms in total. The van der Waals surface area contributed by atoms with E-state index in [0.29, 0.717) is 68.9 Å². The molecule has 0 radical (unpaired) electrons. The van der Waals surface area contributed by atoms with Gasteiger partial charge < -0.3 is 24.8 Å². The van der Waals surface area contributed by atoms with E-state index in [1.165, 1.54) is 18.5 Å². The standard InChI is InChI=1S/C26H27Cl2FN6O3/c1-14(23-17(27)10-30-11-18(23)28)38-22-7-16-20(8-21(22)37-3)33-34-24(16)15-6-19(29)25(31-9-15)35-12-26(2,13-35)32-4-5-36/h6-11,14,32,36H,4-5,12-13H2,1-3H3,(H,33,34)/t14-/m1/s1. The number of fused-ring (bicyclic) bond motifs is 1. The van der Waals surface area contributed by atoms with E-state index in [4.69, 9.17) is 37.8 Å². The first kappa shape index (κ1) is 26.4. The van der Waals surface area contributed by atoms with E-state index in [2.05, 4.69) is 25.5 Å². The average molecular weight is 561 g/mol. The fraction of sp³-hybridized carbons (Fsp3) is 0.346. The van der Waals surface area contributed by atoms with Gasteiger partial charge in [0.25, 0.3) is 0 Å². The number of methoxy groups -OCH3 is 1. The van der Waals surface area contributed by atoms with Gasteiger partial charge in [0.2, 0.25) is 0 Å². The summed E-state index contributed by atoms with van der Waals surface area (Å²) in [5, 5.41) is 21.2. The number of aromatic amines is 1. The van der Waals surface area contributed by atoms with Crippen LogP contribution in [0.3, 0.4) is 0 Å². The van der Waals surface area contributed by atoms with Gasteiger partial charge in [-0.3, -0.25) is 10.1 Å². The molecule has 1 aliphatic heterocycles. The van der Waals surface area contributed by atoms with Gasteiger partial charge in [-0.25, -0.2) is 9.37 Å². The molecule has 3 aromatic heterocycles. The number of aliphatic hydroxyl groups excluding tert-OH is 1. The van der Waals surface area contributed by atoms with Crippen molar-refractivity contribution in [2.75, 3.05) is 38.3 Å². The van der Waals surface area contributed by atoms with Crippen LogP contribution in [-0.2, 0) is 0 Å². The van der Waals surface area contributed by atoms with Crippen LogP contribution >= 0.6 is 23.2 Å². The molecule has 1 aliphatic rings. The number of β-amino-alcohol motifs (C(OH)–C–C–N with tert-alkyl or cyclic N) is 1. The van der Waals surface area contributed by atoms with Crippen LogP contribution in [0.25, 0.3) is 22.2 Å². The second-order valence-electron chi connectivity index (χ2n) is 9.49. The van der Waals surface area contributed by atoms with Crippen molar-refractivity contribution >= 4 is 39.9 Å². The number of hydrogen-bond donors (Lipinski definition) is 3. The summed E-state index contributed by atoms with van der Waals surface area (Å²) in [5.41, 5.74) is 2.15. The quantitative estimate of drug-likeness (QED) is 0.268. The predicted octanol–water partition coefficient (Wildman–Crippen LogP) is 4.78. The molecule has 200 valence electrons. The Morgan fingerprint density at radius 2 is 1.92 bits per heavy atom. The molecular formula is C26H27Cl2FN6O3. The molecule has 5 rings (SSSR count). The summed E-state index contributed by atoms with van der Waals surface area (Å²) < 4.78 is 26.9. The number of halogens is 3. The zero-order chi connectivity index (χ0) is 27.0. The Kier molecular flexibility index (Phi) is 7.32. The second kappa shape index (κ2) is 10.5. The third kappa shape index (κ3) is 4.96. The lowest BCUT2D eigenvalue weighted by molar-refractivity contribution is 0.216. The molecule has 0 bridgehead atoms. The minimum absolute atomic E-state index is 0.0529. The predicted molar refractivity (Wildman–Crippen MR) is 145 cm³/mol. The van der Waals surface area contributed by atoms with Crippen LogP contribution in [0.4, 0.5) is 10.2 Å². The Bertz CT molecular complexity index is 1460. The lowest BCUT2D eigenvalue weighted by Crippen LogP contribution is -2.68. The molecule has 0 aliphatic carbocycles. The number of hydrogen-bond acceptors (Lipinski definition) is 8. The van der Waals surface area contributed by atoms with Gasteiger partial charge in [0.1, 0.15) is 11.8 Å². The van der Waals surface area contributed by atoms with E-state index in [-0.39, 0.29) is 18.0 Å². The summed E-state index contributed by atoms with van der Waals surface area (Å²) in [4.78, 5) is 10.3. The first-order valence-corrected chi connectivity index (χ1v) is 12.8. The summed E-state index contributed by atoms with van der Waals surface area (Å²) in [6.45, 7) is 5.58. The minimum atomic E-state index is -0.507. The Morgan fingerprint density at radius 3 is 2.58 bits per heavy atom. The number of aromatic nitrogens is 4. The van der Waals surface area contributed by atoms with Crippen LogP contribution in [-0.4, -0.2) is 64.2 Å². The number of rotatable bonds is 9. The summed E-state index contributed by atoms with van der Waals surface area (Å²) in [7, 11) is 1.54. The van der Waals surface area contributed by atoms with Crippen LogP contribution in [0.5, 0.6) is 11.5 Å². The van der Waals surface area contributed by atoms with Crippen LogP contribution in [0.1, 0.15) is 25.5 Å². The fourth-order valence-corrected chi connectivity index (χ4v) is 5.44. The molecule has 0 spiro atoms. The van der Waals surface area contributed by atoms with Crippen molar-refractivity contribution in [3.63, 3.8) is 0 Å². The fourth-order valence-electron chi connectivity index (χ4n) is 4.76. The van der Waals surface area contributed by atoms with E-state index in [1.807, 2.05) is 18.7 Å². The zero-order valence-corrected chi connectivity index (χ0v) is 22.6. The van der Waals surface area contributed by atoms with Crippen LogP contribution < -0.4 is 19.7 Å². The monoisotopic (exact) mass is 560 g/mol. The van der Waals surface area contributed by atoms with Crippen molar-refractivity contribution in [1.29, 1.82) is 0 Å². The maximum atomic E-state index is 15.2. The van der Waals surface area contributed by atoms with Gasteiger partial charge in [-0.05, 0) is 26.0 Å². The van der Waals surface area contributed by atoms with E-state index >= 15 is 4.39 Å². The number of ether oxygens (including phenoxy) is 2. The number of H-pyrrole nitrogens is 1. The molecule has 1 atom stereocenters. The van der Waals surface area contributed by atoms with Crippen molar-refractivity contribution in [2.24, 2.45) is 0 Å². The van der Waals surface area contributed by atoms with Crippen molar-refractivity contribution in [2.45, 2.75) is 25.5 Å². The Labute approximate surface area is 228 Å². The molecule has 38 heavy (non-hydrogen) atoms. The normalized spacial score (nSPS) is 15.4. The first-order chi connectivity index (χ1) is 18.2. The van der Waals surface area contributed by atoms with Gasteiger partial charge in [-0.1, -0.05) is 23.2 Å². The summed E-state index contributed by atoms with van der Waals surface area (Å²) in [6, 6.07) is 4.98. The number of anilines is 1. The summed E-state index contributed by atoms with van der Waals surface area (Å²) in [5.74, 6) is 0.765.